The zero-order valence-electron chi connectivity index (χ0n) is 13.0. The van der Waals surface area contributed by atoms with Crippen LogP contribution in [0.4, 0.5) is 4.79 Å². The predicted octanol–water partition coefficient (Wildman–Crippen LogP) is 3.37. The molecule has 0 spiro atoms. The van der Waals surface area contributed by atoms with Crippen LogP contribution in [0.5, 0.6) is 0 Å². The molecule has 3 atom stereocenters. The van der Waals surface area contributed by atoms with Gasteiger partial charge in [-0.05, 0) is 55.5 Å². The van der Waals surface area contributed by atoms with Gasteiger partial charge in [-0.2, -0.15) is 0 Å². The molecule has 1 aliphatic heterocycles. The molecule has 3 unspecified atom stereocenters. The van der Waals surface area contributed by atoms with Gasteiger partial charge in [0.05, 0.1) is 0 Å². The maximum absolute atomic E-state index is 12.2. The van der Waals surface area contributed by atoms with Gasteiger partial charge in [0.25, 0.3) is 0 Å². The van der Waals surface area contributed by atoms with Gasteiger partial charge in [0.15, 0.2) is 0 Å². The molecule has 3 rings (SSSR count). The number of ether oxygens (including phenoxy) is 1. The van der Waals surface area contributed by atoms with E-state index in [1.54, 1.807) is 4.90 Å². The monoisotopic (exact) mass is 388 g/mol. The van der Waals surface area contributed by atoms with Crippen molar-refractivity contribution in [1.82, 2.24) is 9.88 Å². The Labute approximate surface area is 142 Å². The number of aromatic nitrogens is 1. The topological polar surface area (TPSA) is 62.7 Å². The smallest absolute Gasteiger partial charge is 0.410 e. The molecule has 0 radical (unpaired) electrons. The van der Waals surface area contributed by atoms with Gasteiger partial charge in [-0.3, -0.25) is 0 Å². The van der Waals surface area contributed by atoms with E-state index in [-0.39, 0.29) is 12.0 Å². The zero-order valence-corrected chi connectivity index (χ0v) is 15.4. The summed E-state index contributed by atoms with van der Waals surface area (Å²) in [4.78, 5) is 18.4. The number of carbonyl (C=O) groups is 1. The zero-order chi connectivity index (χ0) is 16.1. The fourth-order valence-corrected chi connectivity index (χ4v) is 4.93. The van der Waals surface area contributed by atoms with Gasteiger partial charge in [0.2, 0.25) is 0 Å². The van der Waals surface area contributed by atoms with Crippen molar-refractivity contribution < 1.29 is 14.6 Å². The molecule has 1 saturated carbocycles. The molecule has 2 fully saturated rings. The van der Waals surface area contributed by atoms with Crippen molar-refractivity contribution in [3.05, 3.63) is 15.0 Å². The summed E-state index contributed by atoms with van der Waals surface area (Å²) in [5, 5.41) is 13.8. The van der Waals surface area contributed by atoms with Crippen molar-refractivity contribution in [3.8, 4) is 0 Å². The lowest BCUT2D eigenvalue weighted by Crippen LogP contribution is -2.38. The quantitative estimate of drug-likeness (QED) is 0.800. The Kier molecular flexibility index (Phi) is 4.02. The van der Waals surface area contributed by atoms with E-state index in [4.69, 9.17) is 4.74 Å². The number of likely N-dealkylation sites (tertiary alicyclic amines) is 1. The maximum atomic E-state index is 12.2. The van der Waals surface area contributed by atoms with Crippen LogP contribution in [-0.2, 0) is 10.3 Å². The molecular formula is C15H21BrN2O3S. The van der Waals surface area contributed by atoms with Crippen LogP contribution in [0, 0.1) is 11.8 Å². The maximum Gasteiger partial charge on any atom is 0.410 e. The predicted molar refractivity (Wildman–Crippen MR) is 87.7 cm³/mol. The van der Waals surface area contributed by atoms with Gasteiger partial charge in [-0.15, -0.1) is 11.3 Å². The number of halogens is 1. The summed E-state index contributed by atoms with van der Waals surface area (Å²) in [6, 6.07) is 0. The van der Waals surface area contributed by atoms with Crippen molar-refractivity contribution in [2.45, 2.75) is 44.8 Å². The van der Waals surface area contributed by atoms with Crippen molar-refractivity contribution in [1.29, 1.82) is 0 Å². The third-order valence-electron chi connectivity index (χ3n) is 4.45. The average Bonchev–Trinajstić information content (AvgIpc) is 3.05. The Hall–Kier alpha value is -0.660. The second-order valence-corrected chi connectivity index (χ2v) is 8.86. The van der Waals surface area contributed by atoms with E-state index >= 15 is 0 Å². The Morgan fingerprint density at radius 2 is 2.27 bits per heavy atom. The highest BCUT2D eigenvalue weighted by molar-refractivity contribution is 9.10. The lowest BCUT2D eigenvalue weighted by molar-refractivity contribution is -0.0104. The molecule has 5 nitrogen and oxygen atoms in total. The first-order chi connectivity index (χ1) is 10.2. The largest absolute Gasteiger partial charge is 0.444 e. The van der Waals surface area contributed by atoms with Gasteiger partial charge in [-0.25, -0.2) is 9.78 Å². The third kappa shape index (κ3) is 2.90. The van der Waals surface area contributed by atoms with Crippen LogP contribution in [0.15, 0.2) is 9.98 Å². The van der Waals surface area contributed by atoms with Crippen LogP contribution < -0.4 is 0 Å². The molecule has 122 valence electrons. The highest BCUT2D eigenvalue weighted by Crippen LogP contribution is 2.51. The lowest BCUT2D eigenvalue weighted by atomic mass is 9.88. The number of nitrogens with zero attached hydrogens (tertiary/aromatic N) is 2. The minimum atomic E-state index is -0.919. The molecule has 1 aromatic heterocycles. The molecule has 2 aliphatic rings. The van der Waals surface area contributed by atoms with E-state index in [1.807, 2.05) is 26.2 Å². The molecule has 1 amide bonds. The molecule has 1 aromatic rings. The number of aliphatic hydroxyl groups is 1. The summed E-state index contributed by atoms with van der Waals surface area (Å²) in [7, 11) is 0. The SMILES string of the molecule is CC(C)(C)OC(=O)N1CC2CCC(O)(c3nc(Br)cs3)C2C1. The normalized spacial score (nSPS) is 31.4. The van der Waals surface area contributed by atoms with E-state index in [0.717, 1.165) is 16.0 Å². The lowest BCUT2D eigenvalue weighted by Gasteiger charge is -2.29. The highest BCUT2D eigenvalue weighted by atomic mass is 79.9. The minimum absolute atomic E-state index is 0.0399. The number of amides is 1. The summed E-state index contributed by atoms with van der Waals surface area (Å²) in [6.45, 7) is 6.80. The summed E-state index contributed by atoms with van der Waals surface area (Å²) in [5.41, 5.74) is -1.41. The van der Waals surface area contributed by atoms with Crippen LogP contribution in [0.2, 0.25) is 0 Å². The van der Waals surface area contributed by atoms with Gasteiger partial charge in [0.1, 0.15) is 20.8 Å². The van der Waals surface area contributed by atoms with Crippen LogP contribution >= 0.6 is 27.3 Å². The molecule has 1 saturated heterocycles. The molecular weight excluding hydrogens is 368 g/mol. The van der Waals surface area contributed by atoms with Crippen LogP contribution in [0.1, 0.15) is 38.6 Å². The standard InChI is InChI=1S/C15H21BrN2O3S/c1-14(2,3)21-13(19)18-6-9-4-5-15(20,10(9)7-18)12-17-11(16)8-22-12/h8-10,20H,4-7H2,1-3H3. The number of fused-ring (bicyclic) bond motifs is 1. The third-order valence-corrected chi connectivity index (χ3v) is 6.17. The van der Waals surface area contributed by atoms with Crippen molar-refractivity contribution in [3.63, 3.8) is 0 Å². The van der Waals surface area contributed by atoms with E-state index in [1.165, 1.54) is 11.3 Å². The van der Waals surface area contributed by atoms with Crippen LogP contribution in [-0.4, -0.2) is 39.8 Å². The Morgan fingerprint density at radius 1 is 1.55 bits per heavy atom. The van der Waals surface area contributed by atoms with Crippen molar-refractivity contribution >= 4 is 33.4 Å². The van der Waals surface area contributed by atoms with E-state index in [0.29, 0.717) is 25.4 Å². The van der Waals surface area contributed by atoms with Crippen LogP contribution in [0.25, 0.3) is 0 Å². The number of carbonyl (C=O) groups excluding carboxylic acids is 1. The second kappa shape index (κ2) is 5.46. The Bertz CT molecular complexity index is 586. The number of thiazole rings is 1. The summed E-state index contributed by atoms with van der Waals surface area (Å²) < 4.78 is 6.21. The molecule has 22 heavy (non-hydrogen) atoms. The number of rotatable bonds is 1. The first kappa shape index (κ1) is 16.2. The van der Waals surface area contributed by atoms with Gasteiger partial charge in [-0.1, -0.05) is 0 Å². The van der Waals surface area contributed by atoms with E-state index < -0.39 is 11.2 Å². The summed E-state index contributed by atoms with van der Waals surface area (Å²) in [5.74, 6) is 0.360. The average molecular weight is 389 g/mol. The van der Waals surface area contributed by atoms with E-state index in [9.17, 15) is 9.90 Å². The summed E-state index contributed by atoms with van der Waals surface area (Å²) in [6.07, 6.45) is 1.34. The molecule has 0 aromatic carbocycles. The molecule has 0 bridgehead atoms. The first-order valence-corrected chi connectivity index (χ1v) is 9.18. The van der Waals surface area contributed by atoms with Crippen molar-refractivity contribution in [2.75, 3.05) is 13.1 Å². The Morgan fingerprint density at radius 3 is 2.86 bits per heavy atom. The van der Waals surface area contributed by atoms with Crippen LogP contribution in [0.3, 0.4) is 0 Å². The molecule has 1 aliphatic carbocycles. The van der Waals surface area contributed by atoms with E-state index in [2.05, 4.69) is 20.9 Å². The fraction of sp³-hybridized carbons (Fsp3) is 0.733. The fourth-order valence-electron chi connectivity index (χ4n) is 3.49. The van der Waals surface area contributed by atoms with Gasteiger partial charge in [0, 0.05) is 24.4 Å². The van der Waals surface area contributed by atoms with Gasteiger partial charge < -0.3 is 14.7 Å². The van der Waals surface area contributed by atoms with Gasteiger partial charge >= 0.3 is 6.09 Å². The van der Waals surface area contributed by atoms with Crippen molar-refractivity contribution in [2.24, 2.45) is 11.8 Å². The molecule has 2 heterocycles. The highest BCUT2D eigenvalue weighted by Gasteiger charge is 2.55. The second-order valence-electron chi connectivity index (χ2n) is 7.19. The first-order valence-electron chi connectivity index (χ1n) is 7.51. The number of hydrogen-bond donors (Lipinski definition) is 1. The Balaban J connectivity index is 1.75. The summed E-state index contributed by atoms with van der Waals surface area (Å²) >= 11 is 4.82. The number of hydrogen-bond acceptors (Lipinski definition) is 5. The molecule has 1 N–H and O–H groups in total. The molecule has 7 heteroatoms. The minimum Gasteiger partial charge on any atom is -0.444 e.